The molecule has 1 amide bonds. The molecule has 0 fully saturated rings. The van der Waals surface area contributed by atoms with Crippen LogP contribution in [0.3, 0.4) is 0 Å². The molecule has 2 atom stereocenters. The Kier molecular flexibility index (Phi) is 4.36. The second kappa shape index (κ2) is 6.68. The number of amides is 1. The second-order valence-electron chi connectivity index (χ2n) is 6.77. The van der Waals surface area contributed by atoms with E-state index in [2.05, 4.69) is 42.3 Å². The third-order valence-corrected chi connectivity index (χ3v) is 5.88. The van der Waals surface area contributed by atoms with Crippen molar-refractivity contribution in [1.29, 1.82) is 0 Å². The molecule has 4 rings (SSSR count). The van der Waals surface area contributed by atoms with Gasteiger partial charge in [-0.3, -0.25) is 4.79 Å². The normalized spacial score (nSPS) is 20.3. The summed E-state index contributed by atoms with van der Waals surface area (Å²) in [7, 11) is 0. The Morgan fingerprint density at radius 3 is 2.85 bits per heavy atom. The maximum Gasteiger partial charge on any atom is 0.243 e. The molecule has 0 aliphatic carbocycles. The van der Waals surface area contributed by atoms with Crippen molar-refractivity contribution in [3.63, 3.8) is 0 Å². The Labute approximate surface area is 156 Å². The fourth-order valence-corrected chi connectivity index (χ4v) is 4.27. The highest BCUT2D eigenvalue weighted by Crippen LogP contribution is 2.31. The number of aromatic nitrogens is 1. The van der Waals surface area contributed by atoms with Gasteiger partial charge in [-0.2, -0.15) is 5.10 Å². The summed E-state index contributed by atoms with van der Waals surface area (Å²) in [5.41, 5.74) is 6.11. The van der Waals surface area contributed by atoms with Gasteiger partial charge in [0.15, 0.2) is 5.58 Å². The number of oxazole rings is 1. The Hall–Kier alpha value is -2.47. The summed E-state index contributed by atoms with van der Waals surface area (Å²) < 4.78 is 5.99. The molecule has 0 radical (unpaired) electrons. The number of thiophene rings is 1. The van der Waals surface area contributed by atoms with Gasteiger partial charge in [0.2, 0.25) is 11.8 Å². The summed E-state index contributed by atoms with van der Waals surface area (Å²) >= 11 is 1.67. The van der Waals surface area contributed by atoms with Gasteiger partial charge in [0.25, 0.3) is 0 Å². The number of nitrogens with zero attached hydrogens (tertiary/aromatic N) is 2. The minimum absolute atomic E-state index is 0.0131. The molecule has 1 N–H and O–H groups in total. The standard InChI is InChI=1S/C20H21N3O2S/c1-4-5-14-12(3)18(22-23-19(14)24)13-7-8-15-16(10-13)25-20(21-15)17-9-6-11(2)26-17/h6-10,12,14H,4-5H2,1-3H3,(H,23,24)/t12-,14-/m0/s1. The molecule has 0 saturated heterocycles. The third kappa shape index (κ3) is 2.94. The van der Waals surface area contributed by atoms with Crippen molar-refractivity contribution in [3.8, 4) is 10.8 Å². The van der Waals surface area contributed by atoms with Crippen LogP contribution in [-0.4, -0.2) is 16.6 Å². The van der Waals surface area contributed by atoms with E-state index in [1.165, 1.54) is 4.88 Å². The van der Waals surface area contributed by atoms with Crippen LogP contribution in [0.25, 0.3) is 21.9 Å². The molecule has 5 nitrogen and oxygen atoms in total. The third-order valence-electron chi connectivity index (χ3n) is 4.89. The number of nitrogens with one attached hydrogen (secondary N) is 1. The number of hydrogen-bond acceptors (Lipinski definition) is 5. The van der Waals surface area contributed by atoms with Gasteiger partial charge in [0.1, 0.15) is 5.52 Å². The zero-order chi connectivity index (χ0) is 18.3. The smallest absolute Gasteiger partial charge is 0.243 e. The Balaban J connectivity index is 1.70. The Bertz CT molecular complexity index is 1000. The first-order valence-corrected chi connectivity index (χ1v) is 9.73. The second-order valence-corrected chi connectivity index (χ2v) is 8.06. The van der Waals surface area contributed by atoms with Gasteiger partial charge >= 0.3 is 0 Å². The summed E-state index contributed by atoms with van der Waals surface area (Å²) in [6.07, 6.45) is 1.83. The number of carbonyl (C=O) groups is 1. The van der Waals surface area contributed by atoms with Crippen LogP contribution >= 0.6 is 11.3 Å². The highest BCUT2D eigenvalue weighted by Gasteiger charge is 2.32. The molecule has 6 heteroatoms. The molecule has 3 aromatic rings. The van der Waals surface area contributed by atoms with E-state index in [-0.39, 0.29) is 17.7 Å². The van der Waals surface area contributed by atoms with Gasteiger partial charge in [-0.25, -0.2) is 10.4 Å². The van der Waals surface area contributed by atoms with E-state index in [4.69, 9.17) is 4.42 Å². The van der Waals surface area contributed by atoms with Crippen LogP contribution in [0.5, 0.6) is 0 Å². The van der Waals surface area contributed by atoms with E-state index in [0.29, 0.717) is 5.89 Å². The number of benzene rings is 1. The molecular weight excluding hydrogens is 346 g/mol. The molecule has 26 heavy (non-hydrogen) atoms. The van der Waals surface area contributed by atoms with Crippen LogP contribution < -0.4 is 5.43 Å². The van der Waals surface area contributed by atoms with Crippen molar-refractivity contribution in [2.24, 2.45) is 16.9 Å². The summed E-state index contributed by atoms with van der Waals surface area (Å²) in [6, 6.07) is 10.0. The number of fused-ring (bicyclic) bond motifs is 1. The molecule has 1 aliphatic heterocycles. The van der Waals surface area contributed by atoms with E-state index >= 15 is 0 Å². The minimum atomic E-state index is -0.0393. The lowest BCUT2D eigenvalue weighted by molar-refractivity contribution is -0.126. The quantitative estimate of drug-likeness (QED) is 0.723. The Morgan fingerprint density at radius 1 is 1.27 bits per heavy atom. The summed E-state index contributed by atoms with van der Waals surface area (Å²) in [4.78, 5) is 18.9. The predicted octanol–water partition coefficient (Wildman–Crippen LogP) is 4.75. The fourth-order valence-electron chi connectivity index (χ4n) is 3.48. The van der Waals surface area contributed by atoms with E-state index in [9.17, 15) is 4.79 Å². The topological polar surface area (TPSA) is 67.5 Å². The molecule has 0 bridgehead atoms. The zero-order valence-electron chi connectivity index (χ0n) is 15.1. The largest absolute Gasteiger partial charge is 0.435 e. The number of rotatable bonds is 4. The lowest BCUT2D eigenvalue weighted by atomic mass is 9.82. The van der Waals surface area contributed by atoms with Crippen LogP contribution in [0.4, 0.5) is 0 Å². The number of hydrazone groups is 1. The molecular formula is C20H21N3O2S. The van der Waals surface area contributed by atoms with Crippen LogP contribution in [0.15, 0.2) is 39.9 Å². The van der Waals surface area contributed by atoms with Gasteiger partial charge < -0.3 is 4.42 Å². The van der Waals surface area contributed by atoms with E-state index in [1.807, 2.05) is 24.3 Å². The van der Waals surface area contributed by atoms with Crippen molar-refractivity contribution >= 4 is 34.1 Å². The van der Waals surface area contributed by atoms with E-state index in [1.54, 1.807) is 11.3 Å². The van der Waals surface area contributed by atoms with Gasteiger partial charge in [-0.1, -0.05) is 26.3 Å². The SMILES string of the molecule is CCC[C@@H]1C(=O)NN=C(c2ccc3nc(-c4ccc(C)s4)oc3c2)[C@H]1C. The van der Waals surface area contributed by atoms with Crippen LogP contribution in [-0.2, 0) is 4.79 Å². The average molecular weight is 367 g/mol. The van der Waals surface area contributed by atoms with Crippen LogP contribution in [0.1, 0.15) is 37.1 Å². The molecule has 3 heterocycles. The molecule has 134 valence electrons. The van der Waals surface area contributed by atoms with Gasteiger partial charge in [0.05, 0.1) is 10.6 Å². The van der Waals surface area contributed by atoms with E-state index < -0.39 is 0 Å². The molecule has 0 saturated carbocycles. The lowest BCUT2D eigenvalue weighted by Gasteiger charge is -2.27. The number of hydrogen-bond donors (Lipinski definition) is 1. The Morgan fingerprint density at radius 2 is 2.12 bits per heavy atom. The predicted molar refractivity (Wildman–Crippen MR) is 104 cm³/mol. The van der Waals surface area contributed by atoms with Crippen molar-refractivity contribution in [3.05, 3.63) is 40.8 Å². The zero-order valence-corrected chi connectivity index (χ0v) is 15.9. The number of aryl methyl sites for hydroxylation is 1. The van der Waals surface area contributed by atoms with Gasteiger partial charge in [0, 0.05) is 22.3 Å². The van der Waals surface area contributed by atoms with Gasteiger partial charge in [-0.15, -0.1) is 11.3 Å². The summed E-state index contributed by atoms with van der Waals surface area (Å²) in [5.74, 6) is 0.691. The summed E-state index contributed by atoms with van der Waals surface area (Å²) in [6.45, 7) is 6.24. The maximum atomic E-state index is 12.1. The van der Waals surface area contributed by atoms with Crippen molar-refractivity contribution < 1.29 is 9.21 Å². The van der Waals surface area contributed by atoms with Crippen molar-refractivity contribution in [2.45, 2.75) is 33.6 Å². The van der Waals surface area contributed by atoms with Crippen molar-refractivity contribution in [2.75, 3.05) is 0 Å². The first kappa shape index (κ1) is 17.0. The monoisotopic (exact) mass is 367 g/mol. The van der Waals surface area contributed by atoms with E-state index in [0.717, 1.165) is 40.1 Å². The van der Waals surface area contributed by atoms with Crippen LogP contribution in [0.2, 0.25) is 0 Å². The molecule has 2 aromatic heterocycles. The fraction of sp³-hybridized carbons (Fsp3) is 0.350. The highest BCUT2D eigenvalue weighted by atomic mass is 32.1. The molecule has 1 aliphatic rings. The highest BCUT2D eigenvalue weighted by molar-refractivity contribution is 7.15. The first-order chi connectivity index (χ1) is 12.6. The molecule has 0 unspecified atom stereocenters. The number of carbonyl (C=O) groups excluding carboxylic acids is 1. The van der Waals surface area contributed by atoms with Crippen molar-refractivity contribution in [1.82, 2.24) is 10.4 Å². The first-order valence-electron chi connectivity index (χ1n) is 8.92. The summed E-state index contributed by atoms with van der Waals surface area (Å²) in [5, 5.41) is 4.33. The maximum absolute atomic E-state index is 12.1. The van der Waals surface area contributed by atoms with Crippen LogP contribution in [0, 0.1) is 18.8 Å². The van der Waals surface area contributed by atoms with Gasteiger partial charge in [-0.05, 0) is 37.6 Å². The average Bonchev–Trinajstić information content (AvgIpc) is 3.24. The lowest BCUT2D eigenvalue weighted by Crippen LogP contribution is -2.40. The minimum Gasteiger partial charge on any atom is -0.435 e. The molecule has 0 spiro atoms. The molecule has 1 aromatic carbocycles.